The maximum absolute atomic E-state index is 13.0. The number of carboxylic acid groups (broad SMARTS) is 1. The molecule has 2 unspecified atom stereocenters. The lowest BCUT2D eigenvalue weighted by atomic mass is 9.83. The lowest BCUT2D eigenvalue weighted by Gasteiger charge is -2.24. The molecular weight excluding hydrogens is 352 g/mol. The van der Waals surface area contributed by atoms with Crippen LogP contribution in [0.15, 0.2) is 60.7 Å². The van der Waals surface area contributed by atoms with Crippen molar-refractivity contribution in [1.82, 2.24) is 0 Å². The zero-order valence-electron chi connectivity index (χ0n) is 15.7. The van der Waals surface area contributed by atoms with Crippen LogP contribution >= 0.6 is 0 Å². The monoisotopic (exact) mass is 374 g/mol. The topological polar surface area (TPSA) is 63.6 Å². The normalized spacial score (nSPS) is 19.0. The van der Waals surface area contributed by atoms with Gasteiger partial charge in [-0.05, 0) is 41.7 Å². The number of fused-ring (bicyclic) bond motifs is 2. The number of esters is 1. The summed E-state index contributed by atoms with van der Waals surface area (Å²) < 4.78 is 5.97. The highest BCUT2D eigenvalue weighted by Crippen LogP contribution is 2.38. The van der Waals surface area contributed by atoms with E-state index in [2.05, 4.69) is 13.0 Å². The van der Waals surface area contributed by atoms with Gasteiger partial charge in [0.15, 0.2) is 0 Å². The smallest absolute Gasteiger partial charge is 0.315 e. The second-order valence-corrected chi connectivity index (χ2v) is 7.21. The summed E-state index contributed by atoms with van der Waals surface area (Å²) in [7, 11) is 0. The predicted molar refractivity (Wildman–Crippen MR) is 109 cm³/mol. The van der Waals surface area contributed by atoms with Crippen molar-refractivity contribution in [3.8, 4) is 5.75 Å². The van der Waals surface area contributed by atoms with Crippen molar-refractivity contribution < 1.29 is 19.4 Å². The molecule has 0 aliphatic heterocycles. The molecule has 0 saturated heterocycles. The van der Waals surface area contributed by atoms with Crippen molar-refractivity contribution >= 4 is 33.5 Å². The molecule has 1 N–H and O–H groups in total. The van der Waals surface area contributed by atoms with Gasteiger partial charge in [0, 0.05) is 10.8 Å². The second-order valence-electron chi connectivity index (χ2n) is 7.21. The van der Waals surface area contributed by atoms with E-state index in [9.17, 15) is 14.7 Å². The Labute approximate surface area is 163 Å². The Balaban J connectivity index is 1.85. The van der Waals surface area contributed by atoms with Crippen LogP contribution in [0.3, 0.4) is 0 Å². The third kappa shape index (κ3) is 3.15. The van der Waals surface area contributed by atoms with Gasteiger partial charge >= 0.3 is 11.9 Å². The van der Waals surface area contributed by atoms with Crippen molar-refractivity contribution in [3.05, 3.63) is 66.2 Å². The van der Waals surface area contributed by atoms with Gasteiger partial charge in [-0.15, -0.1) is 0 Å². The van der Waals surface area contributed by atoms with Crippen LogP contribution in [-0.2, 0) is 16.0 Å². The third-order valence-corrected chi connectivity index (χ3v) is 5.56. The molecule has 1 aliphatic carbocycles. The fraction of sp³-hybridized carbons (Fsp3) is 0.250. The van der Waals surface area contributed by atoms with Crippen molar-refractivity contribution in [3.63, 3.8) is 0 Å². The van der Waals surface area contributed by atoms with E-state index in [1.807, 2.05) is 54.6 Å². The number of carbonyl (C=O) groups is 2. The van der Waals surface area contributed by atoms with Crippen LogP contribution in [0.5, 0.6) is 5.75 Å². The Bertz CT molecular complexity index is 1100. The fourth-order valence-corrected chi connectivity index (χ4v) is 4.07. The number of aliphatic carboxylic acids is 1. The van der Waals surface area contributed by atoms with Crippen LogP contribution in [0.1, 0.15) is 25.3 Å². The molecule has 0 bridgehead atoms. The molecule has 0 aromatic heterocycles. The van der Waals surface area contributed by atoms with Crippen LogP contribution in [0.25, 0.3) is 21.5 Å². The number of benzene rings is 3. The van der Waals surface area contributed by atoms with Crippen molar-refractivity contribution in [2.75, 3.05) is 0 Å². The first-order valence-corrected chi connectivity index (χ1v) is 9.63. The molecular formula is C24H22O4. The molecule has 0 amide bonds. The first-order chi connectivity index (χ1) is 13.6. The molecule has 3 aromatic rings. The summed E-state index contributed by atoms with van der Waals surface area (Å²) in [6.45, 7) is 2.07. The summed E-state index contributed by atoms with van der Waals surface area (Å²) in [5, 5.41) is 13.3. The number of rotatable bonds is 4. The highest BCUT2D eigenvalue weighted by Gasteiger charge is 2.35. The fourth-order valence-electron chi connectivity index (χ4n) is 4.07. The summed E-state index contributed by atoms with van der Waals surface area (Å²) in [6, 6.07) is 16.0. The molecule has 28 heavy (non-hydrogen) atoms. The molecule has 4 rings (SSSR count). The minimum atomic E-state index is -0.955. The molecule has 0 heterocycles. The quantitative estimate of drug-likeness (QED) is 0.298. The van der Waals surface area contributed by atoms with Crippen LogP contribution in [0, 0.1) is 11.8 Å². The number of carboxylic acids is 1. The number of hydrogen-bond donors (Lipinski definition) is 1. The molecule has 4 nitrogen and oxygen atoms in total. The van der Waals surface area contributed by atoms with Gasteiger partial charge < -0.3 is 9.84 Å². The van der Waals surface area contributed by atoms with Gasteiger partial charge in [0.2, 0.25) is 0 Å². The molecule has 2 atom stereocenters. The van der Waals surface area contributed by atoms with Crippen LogP contribution < -0.4 is 4.74 Å². The first kappa shape index (κ1) is 18.2. The summed E-state index contributed by atoms with van der Waals surface area (Å²) in [5.74, 6) is -2.31. The molecule has 0 spiro atoms. The first-order valence-electron chi connectivity index (χ1n) is 9.63. The Kier molecular flexibility index (Phi) is 4.86. The van der Waals surface area contributed by atoms with Crippen LogP contribution in [0.4, 0.5) is 0 Å². The molecule has 142 valence electrons. The van der Waals surface area contributed by atoms with E-state index < -0.39 is 23.8 Å². The average Bonchev–Trinajstić information content (AvgIpc) is 2.72. The van der Waals surface area contributed by atoms with Gasteiger partial charge in [0.05, 0.1) is 11.8 Å². The van der Waals surface area contributed by atoms with Gasteiger partial charge in [-0.25, -0.2) is 0 Å². The number of carbonyl (C=O) groups excluding carboxylic acids is 1. The van der Waals surface area contributed by atoms with Crippen molar-refractivity contribution in [2.45, 2.75) is 26.2 Å². The highest BCUT2D eigenvalue weighted by atomic mass is 16.5. The highest BCUT2D eigenvalue weighted by molar-refractivity contribution is 6.08. The number of allylic oxidation sites excluding steroid dienone is 2. The minimum Gasteiger partial charge on any atom is -0.481 e. The Morgan fingerprint density at radius 2 is 1.71 bits per heavy atom. The van der Waals surface area contributed by atoms with Crippen LogP contribution in [-0.4, -0.2) is 17.0 Å². The molecule has 3 aromatic carbocycles. The van der Waals surface area contributed by atoms with Gasteiger partial charge in [0.25, 0.3) is 0 Å². The van der Waals surface area contributed by atoms with E-state index >= 15 is 0 Å². The SMILES string of the molecule is CCc1cccc2cc3ccccc3c(OC(=O)C3CC=CCC3C(=O)O)c12. The lowest BCUT2D eigenvalue weighted by molar-refractivity contribution is -0.152. The summed E-state index contributed by atoms with van der Waals surface area (Å²) in [6.07, 6.45) is 5.24. The predicted octanol–water partition coefficient (Wildman–Crippen LogP) is 5.13. The van der Waals surface area contributed by atoms with Gasteiger partial charge in [-0.3, -0.25) is 9.59 Å². The Morgan fingerprint density at radius 3 is 2.46 bits per heavy atom. The number of ether oxygens (including phenoxy) is 1. The Hall–Kier alpha value is -3.14. The minimum absolute atomic E-state index is 0.353. The zero-order valence-corrected chi connectivity index (χ0v) is 15.7. The lowest BCUT2D eigenvalue weighted by Crippen LogP contribution is -2.33. The maximum Gasteiger partial charge on any atom is 0.315 e. The zero-order chi connectivity index (χ0) is 19.7. The molecule has 0 fully saturated rings. The summed E-state index contributed by atoms with van der Waals surface area (Å²) in [5.41, 5.74) is 1.10. The van der Waals surface area contributed by atoms with Crippen LogP contribution in [0.2, 0.25) is 0 Å². The molecule has 0 radical (unpaired) electrons. The maximum atomic E-state index is 13.0. The van der Waals surface area contributed by atoms with E-state index in [1.165, 1.54) is 0 Å². The van der Waals surface area contributed by atoms with E-state index in [0.29, 0.717) is 18.6 Å². The van der Waals surface area contributed by atoms with Crippen molar-refractivity contribution in [1.29, 1.82) is 0 Å². The molecule has 0 saturated carbocycles. The Morgan fingerprint density at radius 1 is 1.00 bits per heavy atom. The van der Waals surface area contributed by atoms with Gasteiger partial charge in [-0.2, -0.15) is 0 Å². The summed E-state index contributed by atoms with van der Waals surface area (Å²) in [4.78, 5) is 24.7. The van der Waals surface area contributed by atoms with E-state index in [-0.39, 0.29) is 0 Å². The number of hydrogen-bond acceptors (Lipinski definition) is 3. The van der Waals surface area contributed by atoms with E-state index in [1.54, 1.807) is 0 Å². The largest absolute Gasteiger partial charge is 0.481 e. The summed E-state index contributed by atoms with van der Waals surface area (Å²) >= 11 is 0. The third-order valence-electron chi connectivity index (χ3n) is 5.56. The molecule has 1 aliphatic rings. The van der Waals surface area contributed by atoms with Crippen molar-refractivity contribution in [2.24, 2.45) is 11.8 Å². The average molecular weight is 374 g/mol. The van der Waals surface area contributed by atoms with Gasteiger partial charge in [-0.1, -0.05) is 61.5 Å². The van der Waals surface area contributed by atoms with E-state index in [4.69, 9.17) is 4.74 Å². The second kappa shape index (κ2) is 7.47. The van der Waals surface area contributed by atoms with Gasteiger partial charge in [0.1, 0.15) is 5.75 Å². The standard InChI is InChI=1S/C24H22O4/c1-2-15-9-7-10-17-14-16-8-3-4-11-18(16)22(21(15)17)28-24(27)20-13-6-5-12-19(20)23(25)26/h3-11,14,19-20H,2,12-13H2,1H3,(H,25,26). The van der Waals surface area contributed by atoms with E-state index in [0.717, 1.165) is 33.5 Å². The number of aryl methyl sites for hydroxylation is 1. The molecule has 4 heteroatoms.